The highest BCUT2D eigenvalue weighted by Crippen LogP contribution is 2.49. The van der Waals surface area contributed by atoms with Gasteiger partial charge in [0.1, 0.15) is 5.84 Å². The van der Waals surface area contributed by atoms with Crippen molar-refractivity contribution in [2.24, 2.45) is 10.7 Å². The highest BCUT2D eigenvalue weighted by molar-refractivity contribution is 5.97. The van der Waals surface area contributed by atoms with Crippen molar-refractivity contribution in [2.45, 2.75) is 44.9 Å². The number of hydrogen-bond donors (Lipinski definition) is 1. The number of nitrogens with zero attached hydrogens (tertiary/aromatic N) is 1. The summed E-state index contributed by atoms with van der Waals surface area (Å²) in [5, 5.41) is 0. The highest BCUT2D eigenvalue weighted by atomic mass is 14.8. The molecule has 2 nitrogen and oxygen atoms in total. The van der Waals surface area contributed by atoms with Gasteiger partial charge >= 0.3 is 0 Å². The molecule has 2 rings (SSSR count). The lowest BCUT2D eigenvalue weighted by molar-refractivity contribution is 0.403. The Bertz CT molecular complexity index is 482. The number of fused-ring (bicyclic) bond motifs is 1. The first-order chi connectivity index (χ1) is 7.78. The Morgan fingerprint density at radius 3 is 2.29 bits per heavy atom. The monoisotopic (exact) mass is 230 g/mol. The van der Waals surface area contributed by atoms with Gasteiger partial charge in [0.15, 0.2) is 0 Å². The fourth-order valence-corrected chi connectivity index (χ4v) is 3.28. The number of hydrogen-bond acceptors (Lipinski definition) is 1. The molecule has 1 aliphatic carbocycles. The van der Waals surface area contributed by atoms with Gasteiger partial charge in [-0.15, -0.1) is 0 Å². The molecule has 0 spiro atoms. The van der Waals surface area contributed by atoms with Crippen molar-refractivity contribution in [1.29, 1.82) is 0 Å². The molecule has 1 aromatic carbocycles. The summed E-state index contributed by atoms with van der Waals surface area (Å²) in [6.07, 6.45) is 1.18. The largest absolute Gasteiger partial charge is 0.384 e. The first-order valence-corrected chi connectivity index (χ1v) is 6.15. The fraction of sp³-hybridized carbons (Fsp3) is 0.533. The lowest BCUT2D eigenvalue weighted by atomic mass is 9.82. The number of benzene rings is 1. The van der Waals surface area contributed by atoms with Crippen molar-refractivity contribution in [3.8, 4) is 0 Å². The van der Waals surface area contributed by atoms with Crippen molar-refractivity contribution in [1.82, 2.24) is 0 Å². The van der Waals surface area contributed by atoms with E-state index in [1.54, 1.807) is 7.05 Å². The van der Waals surface area contributed by atoms with Crippen LogP contribution < -0.4 is 5.73 Å². The third-order valence-corrected chi connectivity index (χ3v) is 3.90. The van der Waals surface area contributed by atoms with E-state index in [9.17, 15) is 0 Å². The van der Waals surface area contributed by atoms with Crippen LogP contribution >= 0.6 is 0 Å². The van der Waals surface area contributed by atoms with Crippen LogP contribution in [0.3, 0.4) is 0 Å². The summed E-state index contributed by atoms with van der Waals surface area (Å²) in [7, 11) is 1.73. The predicted octanol–water partition coefficient (Wildman–Crippen LogP) is 2.98. The summed E-state index contributed by atoms with van der Waals surface area (Å²) in [5.41, 5.74) is 10.3. The van der Waals surface area contributed by atoms with Gasteiger partial charge in [-0.1, -0.05) is 39.8 Å². The molecule has 92 valence electrons. The van der Waals surface area contributed by atoms with Crippen LogP contribution in [0.4, 0.5) is 0 Å². The maximum absolute atomic E-state index is 5.89. The van der Waals surface area contributed by atoms with Gasteiger partial charge in [0, 0.05) is 12.6 Å². The molecule has 0 saturated carbocycles. The van der Waals surface area contributed by atoms with Gasteiger partial charge in [-0.25, -0.2) is 0 Å². The van der Waals surface area contributed by atoms with E-state index in [-0.39, 0.29) is 10.8 Å². The Morgan fingerprint density at radius 2 is 1.71 bits per heavy atom. The van der Waals surface area contributed by atoms with Gasteiger partial charge in [-0.2, -0.15) is 0 Å². The maximum Gasteiger partial charge on any atom is 0.125 e. The standard InChI is InChI=1S/C15H22N2/c1-14(2)9-15(3,4)12-8-10(13(16)17-5)6-7-11(12)14/h6-8H,9H2,1-5H3,(H2,16,17). The van der Waals surface area contributed by atoms with E-state index in [1.165, 1.54) is 17.5 Å². The molecule has 2 heteroatoms. The van der Waals surface area contributed by atoms with Gasteiger partial charge in [0.05, 0.1) is 0 Å². The van der Waals surface area contributed by atoms with Crippen molar-refractivity contribution >= 4 is 5.84 Å². The zero-order valence-corrected chi connectivity index (χ0v) is 11.5. The zero-order valence-electron chi connectivity index (χ0n) is 11.5. The molecule has 0 amide bonds. The van der Waals surface area contributed by atoms with Gasteiger partial charge in [-0.05, 0) is 34.4 Å². The van der Waals surface area contributed by atoms with E-state index in [0.717, 1.165) is 5.56 Å². The Kier molecular flexibility index (Phi) is 2.57. The Labute approximate surface area is 104 Å². The van der Waals surface area contributed by atoms with E-state index < -0.39 is 0 Å². The van der Waals surface area contributed by atoms with Crippen molar-refractivity contribution in [3.05, 3.63) is 34.9 Å². The summed E-state index contributed by atoms with van der Waals surface area (Å²) >= 11 is 0. The SMILES string of the molecule is CN=C(N)c1ccc2c(c1)C(C)(C)CC2(C)C. The Morgan fingerprint density at radius 1 is 1.12 bits per heavy atom. The zero-order chi connectivity index (χ0) is 12.8. The summed E-state index contributed by atoms with van der Waals surface area (Å²) in [6.45, 7) is 9.25. The summed E-state index contributed by atoms with van der Waals surface area (Å²) in [4.78, 5) is 4.06. The number of amidine groups is 1. The molecule has 0 aromatic heterocycles. The smallest absolute Gasteiger partial charge is 0.125 e. The molecule has 1 aromatic rings. The van der Waals surface area contributed by atoms with Crippen LogP contribution in [-0.2, 0) is 10.8 Å². The quantitative estimate of drug-likeness (QED) is 0.584. The second kappa shape index (κ2) is 3.59. The number of nitrogens with two attached hydrogens (primary N) is 1. The van der Waals surface area contributed by atoms with Crippen LogP contribution in [0.1, 0.15) is 50.8 Å². The van der Waals surface area contributed by atoms with E-state index in [0.29, 0.717) is 5.84 Å². The molecular weight excluding hydrogens is 208 g/mol. The molecule has 0 saturated heterocycles. The molecular formula is C15H22N2. The average Bonchev–Trinajstić information content (AvgIpc) is 2.43. The minimum atomic E-state index is 0.225. The van der Waals surface area contributed by atoms with Crippen molar-refractivity contribution in [3.63, 3.8) is 0 Å². The number of rotatable bonds is 1. The van der Waals surface area contributed by atoms with Gasteiger partial charge < -0.3 is 5.73 Å². The van der Waals surface area contributed by atoms with E-state index in [2.05, 4.69) is 50.9 Å². The third-order valence-electron chi connectivity index (χ3n) is 3.90. The molecule has 0 unspecified atom stereocenters. The molecule has 0 heterocycles. The van der Waals surface area contributed by atoms with Crippen LogP contribution in [0.5, 0.6) is 0 Å². The molecule has 1 aliphatic rings. The van der Waals surface area contributed by atoms with Crippen LogP contribution in [-0.4, -0.2) is 12.9 Å². The van der Waals surface area contributed by atoms with Gasteiger partial charge in [-0.3, -0.25) is 4.99 Å². The molecule has 17 heavy (non-hydrogen) atoms. The first kappa shape index (κ1) is 12.2. The Hall–Kier alpha value is -1.31. The van der Waals surface area contributed by atoms with Crippen molar-refractivity contribution < 1.29 is 0 Å². The molecule has 0 aliphatic heterocycles. The summed E-state index contributed by atoms with van der Waals surface area (Å²) in [5.74, 6) is 0.619. The summed E-state index contributed by atoms with van der Waals surface area (Å²) < 4.78 is 0. The topological polar surface area (TPSA) is 38.4 Å². The van der Waals surface area contributed by atoms with Crippen LogP contribution in [0, 0.1) is 0 Å². The minimum absolute atomic E-state index is 0.225. The summed E-state index contributed by atoms with van der Waals surface area (Å²) in [6, 6.07) is 6.52. The third kappa shape index (κ3) is 1.86. The normalized spacial score (nSPS) is 21.4. The molecule has 0 fully saturated rings. The minimum Gasteiger partial charge on any atom is -0.384 e. The maximum atomic E-state index is 5.89. The van der Waals surface area contributed by atoms with Gasteiger partial charge in [0.2, 0.25) is 0 Å². The first-order valence-electron chi connectivity index (χ1n) is 6.15. The fourth-order valence-electron chi connectivity index (χ4n) is 3.28. The molecule has 0 atom stereocenters. The number of aliphatic imine (C=N–C) groups is 1. The van der Waals surface area contributed by atoms with E-state index >= 15 is 0 Å². The van der Waals surface area contributed by atoms with E-state index in [4.69, 9.17) is 5.73 Å². The lowest BCUT2D eigenvalue weighted by Gasteiger charge is -2.22. The molecule has 0 radical (unpaired) electrons. The van der Waals surface area contributed by atoms with Gasteiger partial charge in [0.25, 0.3) is 0 Å². The average molecular weight is 230 g/mol. The predicted molar refractivity (Wildman–Crippen MR) is 73.8 cm³/mol. The second-order valence-electron chi connectivity index (χ2n) is 6.31. The van der Waals surface area contributed by atoms with Crippen LogP contribution in [0.25, 0.3) is 0 Å². The second-order valence-corrected chi connectivity index (χ2v) is 6.31. The van der Waals surface area contributed by atoms with E-state index in [1.807, 2.05) is 0 Å². The molecule has 0 bridgehead atoms. The van der Waals surface area contributed by atoms with Crippen LogP contribution in [0.15, 0.2) is 23.2 Å². The lowest BCUT2D eigenvalue weighted by Crippen LogP contribution is -2.18. The Balaban J connectivity index is 2.61. The van der Waals surface area contributed by atoms with Crippen molar-refractivity contribution in [2.75, 3.05) is 7.05 Å². The highest BCUT2D eigenvalue weighted by Gasteiger charge is 2.41. The van der Waals surface area contributed by atoms with Crippen LogP contribution in [0.2, 0.25) is 0 Å². The molecule has 2 N–H and O–H groups in total.